The van der Waals surface area contributed by atoms with Gasteiger partial charge < -0.3 is 15.2 Å². The number of rotatable bonds is 4. The molecule has 0 bridgehead atoms. The van der Waals surface area contributed by atoms with Crippen molar-refractivity contribution >= 4 is 6.09 Å². The van der Waals surface area contributed by atoms with Gasteiger partial charge in [-0.15, -0.1) is 0 Å². The lowest BCUT2D eigenvalue weighted by atomic mass is 10.4. The van der Waals surface area contributed by atoms with Gasteiger partial charge in [-0.2, -0.15) is 0 Å². The first kappa shape index (κ1) is 10.3. The lowest BCUT2D eigenvalue weighted by molar-refractivity contribution is 0.190. The number of amides is 1. The molecule has 0 fully saturated rings. The molecule has 0 saturated carbocycles. The first-order chi connectivity index (χ1) is 6.68. The zero-order valence-corrected chi connectivity index (χ0v) is 7.86. The fourth-order valence-corrected chi connectivity index (χ4v) is 0.912. The van der Waals surface area contributed by atoms with Crippen LogP contribution in [0.4, 0.5) is 4.79 Å². The van der Waals surface area contributed by atoms with Gasteiger partial charge in [-0.3, -0.25) is 0 Å². The Kier molecular flexibility index (Phi) is 3.72. The van der Waals surface area contributed by atoms with Crippen LogP contribution in [0.25, 0.3) is 0 Å². The average Bonchev–Trinajstić information content (AvgIpc) is 2.12. The number of carbonyl (C=O) groups is 1. The fraction of sp³-hybridized carbons (Fsp3) is 0.333. The molecule has 2 N–H and O–H groups in total. The Labute approximate surface area is 81.7 Å². The van der Waals surface area contributed by atoms with Gasteiger partial charge in [-0.1, -0.05) is 6.07 Å². The number of aromatic nitrogens is 1. The molecule has 0 atom stereocenters. The molecule has 0 aliphatic rings. The second-order valence-electron chi connectivity index (χ2n) is 2.70. The molecular weight excluding hydrogens is 184 g/mol. The molecule has 76 valence electrons. The van der Waals surface area contributed by atoms with E-state index in [0.717, 1.165) is 5.69 Å². The minimum absolute atomic E-state index is 0.255. The van der Waals surface area contributed by atoms with Crippen LogP contribution < -0.4 is 10.1 Å². The third-order valence-electron chi connectivity index (χ3n) is 1.49. The number of ether oxygens (including phenoxy) is 1. The third kappa shape index (κ3) is 3.75. The van der Waals surface area contributed by atoms with E-state index in [1.54, 1.807) is 6.07 Å². The standard InChI is InChI=1S/C9H12N2O3/c1-7-3-2-4-8(11-7)14-6-5-10-9(12)13/h2-4,10H,5-6H2,1H3,(H,12,13). The summed E-state index contributed by atoms with van der Waals surface area (Å²) in [7, 11) is 0. The molecule has 0 spiro atoms. The molecule has 14 heavy (non-hydrogen) atoms. The van der Waals surface area contributed by atoms with Crippen molar-refractivity contribution in [2.75, 3.05) is 13.2 Å². The van der Waals surface area contributed by atoms with Crippen molar-refractivity contribution in [1.29, 1.82) is 0 Å². The molecule has 0 unspecified atom stereocenters. The van der Waals surface area contributed by atoms with E-state index in [2.05, 4.69) is 10.3 Å². The molecule has 0 saturated heterocycles. The summed E-state index contributed by atoms with van der Waals surface area (Å²) in [6.07, 6.45) is -1.05. The summed E-state index contributed by atoms with van der Waals surface area (Å²) in [5, 5.41) is 10.5. The summed E-state index contributed by atoms with van der Waals surface area (Å²) in [4.78, 5) is 14.2. The Morgan fingerprint density at radius 1 is 1.64 bits per heavy atom. The molecular formula is C9H12N2O3. The van der Waals surface area contributed by atoms with Crippen LogP contribution in [0.1, 0.15) is 5.69 Å². The van der Waals surface area contributed by atoms with E-state index in [4.69, 9.17) is 9.84 Å². The van der Waals surface area contributed by atoms with E-state index >= 15 is 0 Å². The third-order valence-corrected chi connectivity index (χ3v) is 1.49. The summed E-state index contributed by atoms with van der Waals surface area (Å²) in [5.41, 5.74) is 0.869. The number of carboxylic acid groups (broad SMARTS) is 1. The summed E-state index contributed by atoms with van der Waals surface area (Å²) < 4.78 is 5.20. The van der Waals surface area contributed by atoms with Crippen LogP contribution >= 0.6 is 0 Å². The van der Waals surface area contributed by atoms with Crippen molar-refractivity contribution in [3.63, 3.8) is 0 Å². The monoisotopic (exact) mass is 196 g/mol. The van der Waals surface area contributed by atoms with Crippen LogP contribution in [0.5, 0.6) is 5.88 Å². The molecule has 1 aromatic heterocycles. The smallest absolute Gasteiger partial charge is 0.404 e. The number of nitrogens with zero attached hydrogens (tertiary/aromatic N) is 1. The first-order valence-electron chi connectivity index (χ1n) is 4.22. The highest BCUT2D eigenvalue weighted by Crippen LogP contribution is 2.05. The summed E-state index contributed by atoms with van der Waals surface area (Å²) in [6, 6.07) is 5.43. The van der Waals surface area contributed by atoms with E-state index < -0.39 is 6.09 Å². The van der Waals surface area contributed by atoms with Gasteiger partial charge in [0.05, 0.1) is 6.54 Å². The van der Waals surface area contributed by atoms with Gasteiger partial charge in [-0.05, 0) is 13.0 Å². The molecule has 0 aliphatic heterocycles. The van der Waals surface area contributed by atoms with Gasteiger partial charge in [0.15, 0.2) is 0 Å². The highest BCUT2D eigenvalue weighted by molar-refractivity contribution is 5.64. The highest BCUT2D eigenvalue weighted by atomic mass is 16.5. The highest BCUT2D eigenvalue weighted by Gasteiger charge is 1.96. The normalized spacial score (nSPS) is 9.50. The zero-order chi connectivity index (χ0) is 10.4. The molecule has 5 nitrogen and oxygen atoms in total. The number of nitrogens with one attached hydrogen (secondary N) is 1. The molecule has 1 rings (SSSR count). The van der Waals surface area contributed by atoms with Crippen molar-refractivity contribution in [2.24, 2.45) is 0 Å². The molecule has 1 aromatic rings. The van der Waals surface area contributed by atoms with E-state index in [-0.39, 0.29) is 13.2 Å². The van der Waals surface area contributed by atoms with Crippen molar-refractivity contribution in [2.45, 2.75) is 6.92 Å². The zero-order valence-electron chi connectivity index (χ0n) is 7.86. The van der Waals surface area contributed by atoms with Gasteiger partial charge in [0.25, 0.3) is 0 Å². The molecule has 1 heterocycles. The van der Waals surface area contributed by atoms with Crippen LogP contribution in [0.3, 0.4) is 0 Å². The van der Waals surface area contributed by atoms with Gasteiger partial charge in [0.1, 0.15) is 6.61 Å². The van der Waals surface area contributed by atoms with E-state index in [1.807, 2.05) is 19.1 Å². The second kappa shape index (κ2) is 5.06. The van der Waals surface area contributed by atoms with Crippen LogP contribution in [-0.4, -0.2) is 29.3 Å². The number of hydrogen-bond acceptors (Lipinski definition) is 3. The minimum atomic E-state index is -1.05. The van der Waals surface area contributed by atoms with Crippen molar-refractivity contribution in [1.82, 2.24) is 10.3 Å². The van der Waals surface area contributed by atoms with Crippen LogP contribution in [0, 0.1) is 6.92 Å². The summed E-state index contributed by atoms with van der Waals surface area (Å²) in [5.74, 6) is 0.511. The van der Waals surface area contributed by atoms with Crippen molar-refractivity contribution < 1.29 is 14.6 Å². The second-order valence-corrected chi connectivity index (χ2v) is 2.70. The quantitative estimate of drug-likeness (QED) is 0.706. The first-order valence-corrected chi connectivity index (χ1v) is 4.22. The number of aryl methyl sites for hydroxylation is 1. The largest absolute Gasteiger partial charge is 0.476 e. The number of hydrogen-bond donors (Lipinski definition) is 2. The Bertz CT molecular complexity index is 315. The maximum absolute atomic E-state index is 10.1. The lowest BCUT2D eigenvalue weighted by Gasteiger charge is -2.05. The molecule has 0 radical (unpaired) electrons. The van der Waals surface area contributed by atoms with Gasteiger partial charge in [0.2, 0.25) is 5.88 Å². The maximum atomic E-state index is 10.1. The van der Waals surface area contributed by atoms with E-state index in [9.17, 15) is 4.79 Å². The molecule has 0 aliphatic carbocycles. The van der Waals surface area contributed by atoms with E-state index in [1.165, 1.54) is 0 Å². The Hall–Kier alpha value is -1.78. The van der Waals surface area contributed by atoms with Gasteiger partial charge >= 0.3 is 6.09 Å². The van der Waals surface area contributed by atoms with Crippen LogP contribution in [0.2, 0.25) is 0 Å². The fourth-order valence-electron chi connectivity index (χ4n) is 0.912. The Morgan fingerprint density at radius 3 is 3.07 bits per heavy atom. The van der Waals surface area contributed by atoms with Crippen LogP contribution in [-0.2, 0) is 0 Å². The van der Waals surface area contributed by atoms with Crippen molar-refractivity contribution in [3.05, 3.63) is 23.9 Å². The SMILES string of the molecule is Cc1cccc(OCCNC(=O)O)n1. The summed E-state index contributed by atoms with van der Waals surface area (Å²) >= 11 is 0. The van der Waals surface area contributed by atoms with Gasteiger partial charge in [0, 0.05) is 11.8 Å². The molecule has 5 heteroatoms. The molecule has 1 amide bonds. The maximum Gasteiger partial charge on any atom is 0.404 e. The predicted molar refractivity (Wildman–Crippen MR) is 50.5 cm³/mol. The van der Waals surface area contributed by atoms with Crippen LogP contribution in [0.15, 0.2) is 18.2 Å². The Morgan fingerprint density at radius 2 is 2.43 bits per heavy atom. The van der Waals surface area contributed by atoms with Gasteiger partial charge in [-0.25, -0.2) is 9.78 Å². The molecule has 0 aromatic carbocycles. The lowest BCUT2D eigenvalue weighted by Crippen LogP contribution is -2.26. The predicted octanol–water partition coefficient (Wildman–Crippen LogP) is 1.04. The summed E-state index contributed by atoms with van der Waals surface area (Å²) in [6.45, 7) is 2.40. The topological polar surface area (TPSA) is 71.5 Å². The van der Waals surface area contributed by atoms with Crippen molar-refractivity contribution in [3.8, 4) is 5.88 Å². The average molecular weight is 196 g/mol. The van der Waals surface area contributed by atoms with E-state index in [0.29, 0.717) is 5.88 Å². The Balaban J connectivity index is 2.28. The number of pyridine rings is 1. The minimum Gasteiger partial charge on any atom is -0.476 e.